The summed E-state index contributed by atoms with van der Waals surface area (Å²) < 4.78 is 7.11. The van der Waals surface area contributed by atoms with Gasteiger partial charge in [-0.25, -0.2) is 4.98 Å². The van der Waals surface area contributed by atoms with Crippen molar-refractivity contribution < 1.29 is 4.52 Å². The molecule has 19 heavy (non-hydrogen) atoms. The van der Waals surface area contributed by atoms with Crippen LogP contribution >= 0.6 is 23.2 Å². The minimum Gasteiger partial charge on any atom is -0.359 e. The number of hydrogen-bond donors (Lipinski definition) is 0. The molecule has 0 aliphatic carbocycles. The number of fused-ring (bicyclic) bond motifs is 1. The van der Waals surface area contributed by atoms with E-state index >= 15 is 0 Å². The first-order valence-electron chi connectivity index (χ1n) is 5.85. The summed E-state index contributed by atoms with van der Waals surface area (Å²) in [6.45, 7) is 2.39. The van der Waals surface area contributed by atoms with Crippen molar-refractivity contribution in [3.8, 4) is 0 Å². The van der Waals surface area contributed by atoms with Crippen molar-refractivity contribution in [1.29, 1.82) is 0 Å². The average Bonchev–Trinajstić information content (AvgIpc) is 2.98. The first-order chi connectivity index (χ1) is 9.16. The third-order valence-electron chi connectivity index (χ3n) is 2.91. The zero-order valence-electron chi connectivity index (χ0n) is 10.2. The molecule has 0 radical (unpaired) electrons. The molecule has 0 spiro atoms. The fraction of sp³-hybridized carbons (Fsp3) is 0.231. The summed E-state index contributed by atoms with van der Waals surface area (Å²) in [5.74, 6) is 1.50. The molecule has 1 unspecified atom stereocenters. The Bertz CT molecular complexity index is 704. The van der Waals surface area contributed by atoms with E-state index in [9.17, 15) is 0 Å². The highest BCUT2D eigenvalue weighted by Crippen LogP contribution is 2.29. The van der Waals surface area contributed by atoms with Crippen molar-refractivity contribution in [1.82, 2.24) is 14.7 Å². The van der Waals surface area contributed by atoms with Crippen LogP contribution in [0.5, 0.6) is 0 Å². The maximum atomic E-state index is 6.27. The lowest BCUT2D eigenvalue weighted by atomic mass is 10.3. The highest BCUT2D eigenvalue weighted by atomic mass is 35.5. The van der Waals surface area contributed by atoms with E-state index in [2.05, 4.69) is 10.1 Å². The zero-order chi connectivity index (χ0) is 13.4. The lowest BCUT2D eigenvalue weighted by Crippen LogP contribution is -2.05. The topological polar surface area (TPSA) is 43.9 Å². The molecular weight excluding hydrogens is 285 g/mol. The van der Waals surface area contributed by atoms with Crippen molar-refractivity contribution >= 4 is 34.2 Å². The Balaban J connectivity index is 2.21. The van der Waals surface area contributed by atoms with Gasteiger partial charge in [0.1, 0.15) is 5.82 Å². The fourth-order valence-electron chi connectivity index (χ4n) is 2.10. The van der Waals surface area contributed by atoms with Gasteiger partial charge in [0.25, 0.3) is 0 Å². The van der Waals surface area contributed by atoms with Gasteiger partial charge in [-0.2, -0.15) is 0 Å². The molecule has 0 aliphatic heterocycles. The molecule has 0 bridgehead atoms. The number of benzene rings is 1. The summed E-state index contributed by atoms with van der Waals surface area (Å²) in [4.78, 5) is 4.54. The van der Waals surface area contributed by atoms with Gasteiger partial charge < -0.3 is 9.09 Å². The number of alkyl halides is 1. The Morgan fingerprint density at radius 2 is 2.21 bits per heavy atom. The van der Waals surface area contributed by atoms with E-state index in [1.165, 1.54) is 0 Å². The van der Waals surface area contributed by atoms with E-state index in [1.807, 2.05) is 35.8 Å². The van der Waals surface area contributed by atoms with Gasteiger partial charge in [-0.05, 0) is 19.1 Å². The van der Waals surface area contributed by atoms with Crippen LogP contribution in [0.3, 0.4) is 0 Å². The van der Waals surface area contributed by atoms with Crippen LogP contribution in [-0.2, 0) is 6.54 Å². The van der Waals surface area contributed by atoms with E-state index in [0.717, 1.165) is 22.6 Å². The van der Waals surface area contributed by atoms with Gasteiger partial charge in [0, 0.05) is 6.07 Å². The fourth-order valence-corrected chi connectivity index (χ4v) is 2.54. The first kappa shape index (κ1) is 12.5. The molecule has 0 amide bonds. The lowest BCUT2D eigenvalue weighted by molar-refractivity contribution is 0.376. The van der Waals surface area contributed by atoms with Crippen LogP contribution in [0.15, 0.2) is 35.0 Å². The van der Waals surface area contributed by atoms with Crippen molar-refractivity contribution in [2.75, 3.05) is 0 Å². The molecule has 6 heteroatoms. The number of halogens is 2. The van der Waals surface area contributed by atoms with Crippen LogP contribution in [0.25, 0.3) is 11.0 Å². The molecule has 98 valence electrons. The smallest absolute Gasteiger partial charge is 0.156 e. The summed E-state index contributed by atoms with van der Waals surface area (Å²) in [6.07, 6.45) is 1.61. The maximum Gasteiger partial charge on any atom is 0.156 e. The minimum atomic E-state index is -0.216. The van der Waals surface area contributed by atoms with Crippen LogP contribution in [0.4, 0.5) is 0 Å². The van der Waals surface area contributed by atoms with Crippen molar-refractivity contribution in [3.63, 3.8) is 0 Å². The number of hydrogen-bond acceptors (Lipinski definition) is 3. The Morgan fingerprint density at radius 1 is 1.37 bits per heavy atom. The SMILES string of the molecule is CC(Cl)c1nc2cccc(Cl)c2n1Cc1ccno1. The standard InChI is InChI=1S/C13H11Cl2N3O/c1-8(14)13-17-11-4-2-3-10(15)12(11)18(13)7-9-5-6-16-19-9/h2-6,8H,7H2,1H3. The Kier molecular flexibility index (Phi) is 3.21. The quantitative estimate of drug-likeness (QED) is 0.685. The van der Waals surface area contributed by atoms with Crippen LogP contribution in [0.1, 0.15) is 23.9 Å². The highest BCUT2D eigenvalue weighted by Gasteiger charge is 2.17. The van der Waals surface area contributed by atoms with E-state index in [-0.39, 0.29) is 5.38 Å². The molecule has 0 saturated carbocycles. The predicted octanol–water partition coefficient (Wildman–Crippen LogP) is 4.03. The molecule has 2 aromatic heterocycles. The Hall–Kier alpha value is -1.52. The van der Waals surface area contributed by atoms with E-state index in [1.54, 1.807) is 6.20 Å². The molecule has 4 nitrogen and oxygen atoms in total. The summed E-state index contributed by atoms with van der Waals surface area (Å²) in [5.41, 5.74) is 1.69. The van der Waals surface area contributed by atoms with Crippen molar-refractivity contribution in [3.05, 3.63) is 47.1 Å². The second-order valence-electron chi connectivity index (χ2n) is 4.26. The van der Waals surface area contributed by atoms with Crippen LogP contribution in [0.2, 0.25) is 5.02 Å². The van der Waals surface area contributed by atoms with Gasteiger partial charge in [0.2, 0.25) is 0 Å². The second-order valence-corrected chi connectivity index (χ2v) is 5.32. The van der Waals surface area contributed by atoms with E-state index < -0.39 is 0 Å². The van der Waals surface area contributed by atoms with Gasteiger partial charge >= 0.3 is 0 Å². The molecule has 1 aromatic carbocycles. The van der Waals surface area contributed by atoms with E-state index in [4.69, 9.17) is 27.7 Å². The average molecular weight is 296 g/mol. The monoisotopic (exact) mass is 295 g/mol. The summed E-state index contributed by atoms with van der Waals surface area (Å²) >= 11 is 12.5. The summed E-state index contributed by atoms with van der Waals surface area (Å²) in [5, 5.41) is 4.14. The summed E-state index contributed by atoms with van der Waals surface area (Å²) in [7, 11) is 0. The van der Waals surface area contributed by atoms with E-state index in [0.29, 0.717) is 11.6 Å². The third kappa shape index (κ3) is 2.22. The van der Waals surface area contributed by atoms with Crippen molar-refractivity contribution in [2.24, 2.45) is 0 Å². The Labute approximate surface area is 119 Å². The molecular formula is C13H11Cl2N3O. The van der Waals surface area contributed by atoms with Gasteiger partial charge in [0.05, 0.1) is 34.2 Å². The predicted molar refractivity (Wildman–Crippen MR) is 74.6 cm³/mol. The molecule has 0 aliphatic rings. The van der Waals surface area contributed by atoms with Gasteiger partial charge in [-0.15, -0.1) is 11.6 Å². The summed E-state index contributed by atoms with van der Waals surface area (Å²) in [6, 6.07) is 7.44. The second kappa shape index (κ2) is 4.87. The minimum absolute atomic E-state index is 0.216. The molecule has 3 rings (SSSR count). The molecule has 3 aromatic rings. The number of para-hydroxylation sites is 1. The normalized spacial score (nSPS) is 13.0. The van der Waals surface area contributed by atoms with Crippen LogP contribution in [-0.4, -0.2) is 14.7 Å². The highest BCUT2D eigenvalue weighted by molar-refractivity contribution is 6.35. The van der Waals surface area contributed by atoms with Gasteiger partial charge in [0.15, 0.2) is 5.76 Å². The number of nitrogens with zero attached hydrogens (tertiary/aromatic N) is 3. The molecule has 1 atom stereocenters. The lowest BCUT2D eigenvalue weighted by Gasteiger charge is -2.09. The number of imidazole rings is 1. The largest absolute Gasteiger partial charge is 0.359 e. The first-order valence-corrected chi connectivity index (χ1v) is 6.66. The number of rotatable bonds is 3. The maximum absolute atomic E-state index is 6.27. The Morgan fingerprint density at radius 3 is 2.89 bits per heavy atom. The van der Waals surface area contributed by atoms with Crippen LogP contribution < -0.4 is 0 Å². The van der Waals surface area contributed by atoms with Gasteiger partial charge in [-0.1, -0.05) is 22.8 Å². The zero-order valence-corrected chi connectivity index (χ0v) is 11.7. The van der Waals surface area contributed by atoms with Crippen LogP contribution in [0, 0.1) is 0 Å². The molecule has 0 fully saturated rings. The van der Waals surface area contributed by atoms with Crippen molar-refractivity contribution in [2.45, 2.75) is 18.8 Å². The third-order valence-corrected chi connectivity index (χ3v) is 3.41. The molecule has 2 heterocycles. The molecule has 0 saturated heterocycles. The molecule has 0 N–H and O–H groups in total. The number of aromatic nitrogens is 3. The van der Waals surface area contributed by atoms with Gasteiger partial charge in [-0.3, -0.25) is 0 Å².